The summed E-state index contributed by atoms with van der Waals surface area (Å²) in [5.74, 6) is 0.484. The second kappa shape index (κ2) is 11.1. The first-order valence-electron chi connectivity index (χ1n) is 11.1. The van der Waals surface area contributed by atoms with Crippen LogP contribution in [0, 0.1) is 0 Å². The normalized spacial score (nSPS) is 18.8. The fourth-order valence-corrected chi connectivity index (χ4v) is 5.73. The summed E-state index contributed by atoms with van der Waals surface area (Å²) in [5.41, 5.74) is 2.87. The number of benzene rings is 1. The maximum atomic E-state index is 6.31. The lowest BCUT2D eigenvalue weighted by atomic mass is 9.99. The summed E-state index contributed by atoms with van der Waals surface area (Å²) in [7, 11) is 0. The summed E-state index contributed by atoms with van der Waals surface area (Å²) >= 11 is 8.07. The van der Waals surface area contributed by atoms with Gasteiger partial charge in [0.2, 0.25) is 0 Å². The fraction of sp³-hybridized carbons (Fsp3) is 0.458. The first kappa shape index (κ1) is 22.3. The molecule has 1 saturated carbocycles. The summed E-state index contributed by atoms with van der Waals surface area (Å²) in [6, 6.07) is 8.50. The molecule has 0 radical (unpaired) electrons. The molecule has 2 N–H and O–H groups in total. The SMILES string of the molecule is C=N/C=C\C(=N/CNC1CCCC1)c1sc(C2CCNCC2)nc1-c1cccc(Cl)c1. The second-order valence-electron chi connectivity index (χ2n) is 8.15. The topological polar surface area (TPSA) is 61.7 Å². The van der Waals surface area contributed by atoms with Gasteiger partial charge in [0.25, 0.3) is 0 Å². The Morgan fingerprint density at radius 1 is 1.26 bits per heavy atom. The molecule has 5 nitrogen and oxygen atoms in total. The van der Waals surface area contributed by atoms with Crippen LogP contribution in [-0.2, 0) is 0 Å². The van der Waals surface area contributed by atoms with Crippen molar-refractivity contribution in [3.8, 4) is 11.3 Å². The number of hydrogen-bond donors (Lipinski definition) is 2. The lowest BCUT2D eigenvalue weighted by Crippen LogP contribution is -2.26. The Bertz CT molecular complexity index is 939. The number of aliphatic imine (C=N–C) groups is 2. The van der Waals surface area contributed by atoms with Crippen LogP contribution in [0.2, 0.25) is 5.02 Å². The summed E-state index contributed by atoms with van der Waals surface area (Å²) < 4.78 is 0. The molecular formula is C24H30ClN5S. The van der Waals surface area contributed by atoms with E-state index in [1.807, 2.05) is 24.3 Å². The fourth-order valence-electron chi connectivity index (χ4n) is 4.30. The lowest BCUT2D eigenvalue weighted by Gasteiger charge is -2.20. The zero-order valence-electron chi connectivity index (χ0n) is 17.8. The number of halogens is 1. The van der Waals surface area contributed by atoms with Gasteiger partial charge in [-0.15, -0.1) is 11.3 Å². The Morgan fingerprint density at radius 2 is 2.06 bits per heavy atom. The minimum atomic E-state index is 0.484. The van der Waals surface area contributed by atoms with Crippen molar-refractivity contribution in [3.05, 3.63) is 51.4 Å². The number of hydrogen-bond acceptors (Lipinski definition) is 6. The third-order valence-corrected chi connectivity index (χ3v) is 7.46. The average molecular weight is 456 g/mol. The summed E-state index contributed by atoms with van der Waals surface area (Å²) in [6.45, 7) is 6.27. The highest BCUT2D eigenvalue weighted by Gasteiger charge is 2.24. The van der Waals surface area contributed by atoms with Gasteiger partial charge in [-0.2, -0.15) is 0 Å². The molecule has 1 saturated heterocycles. The van der Waals surface area contributed by atoms with E-state index in [4.69, 9.17) is 21.6 Å². The zero-order chi connectivity index (χ0) is 21.5. The van der Waals surface area contributed by atoms with Crippen molar-refractivity contribution in [2.75, 3.05) is 19.8 Å². The minimum Gasteiger partial charge on any atom is -0.317 e. The van der Waals surface area contributed by atoms with Gasteiger partial charge in [-0.05, 0) is 63.7 Å². The predicted molar refractivity (Wildman–Crippen MR) is 133 cm³/mol. The molecule has 7 heteroatoms. The predicted octanol–water partition coefficient (Wildman–Crippen LogP) is 5.42. The van der Waals surface area contributed by atoms with Crippen molar-refractivity contribution >= 4 is 35.4 Å². The van der Waals surface area contributed by atoms with Gasteiger partial charge < -0.3 is 5.32 Å². The smallest absolute Gasteiger partial charge is 0.0971 e. The molecule has 1 aliphatic heterocycles. The second-order valence-corrected chi connectivity index (χ2v) is 9.62. The molecule has 0 atom stereocenters. The van der Waals surface area contributed by atoms with Crippen LogP contribution in [0.3, 0.4) is 0 Å². The van der Waals surface area contributed by atoms with Crippen molar-refractivity contribution in [1.29, 1.82) is 0 Å². The zero-order valence-corrected chi connectivity index (χ0v) is 19.4. The Balaban J connectivity index is 1.69. The molecular weight excluding hydrogens is 426 g/mol. The Labute approximate surface area is 193 Å². The van der Waals surface area contributed by atoms with Crippen LogP contribution in [0.5, 0.6) is 0 Å². The lowest BCUT2D eigenvalue weighted by molar-refractivity contribution is 0.459. The van der Waals surface area contributed by atoms with Gasteiger partial charge in [0.1, 0.15) is 0 Å². The van der Waals surface area contributed by atoms with Crippen LogP contribution in [0.15, 0.2) is 46.5 Å². The van der Waals surface area contributed by atoms with E-state index in [0.717, 1.165) is 47.8 Å². The highest BCUT2D eigenvalue weighted by Crippen LogP contribution is 2.36. The minimum absolute atomic E-state index is 0.484. The van der Waals surface area contributed by atoms with E-state index in [1.165, 1.54) is 30.7 Å². The standard InChI is InChI=1S/C24H30ClN5S/c1-26-12-11-21(29-16-28-20-7-2-3-8-20)23-22(18-5-4-6-19(25)15-18)30-24(31-23)17-9-13-27-14-10-17/h4-6,11-12,15,17,20,27-28H,1-3,7-10,13-14,16H2/b12-11-,29-21+. The van der Waals surface area contributed by atoms with Crippen LogP contribution in [0.4, 0.5) is 0 Å². The van der Waals surface area contributed by atoms with Gasteiger partial charge in [0, 0.05) is 28.7 Å². The van der Waals surface area contributed by atoms with Gasteiger partial charge in [0.15, 0.2) is 0 Å². The van der Waals surface area contributed by atoms with Gasteiger partial charge >= 0.3 is 0 Å². The molecule has 0 amide bonds. The van der Waals surface area contributed by atoms with Crippen LogP contribution in [-0.4, -0.2) is 43.2 Å². The van der Waals surface area contributed by atoms with Gasteiger partial charge in [-0.1, -0.05) is 36.6 Å². The Kier molecular flexibility index (Phi) is 8.03. The molecule has 2 aromatic rings. The van der Waals surface area contributed by atoms with Crippen molar-refractivity contribution in [1.82, 2.24) is 15.6 Å². The van der Waals surface area contributed by atoms with Crippen molar-refractivity contribution in [2.24, 2.45) is 9.98 Å². The Morgan fingerprint density at radius 3 is 2.81 bits per heavy atom. The van der Waals surface area contributed by atoms with Crippen molar-refractivity contribution in [2.45, 2.75) is 50.5 Å². The molecule has 0 bridgehead atoms. The quantitative estimate of drug-likeness (QED) is 0.522. The number of piperidine rings is 1. The summed E-state index contributed by atoms with van der Waals surface area (Å²) in [6.07, 6.45) is 11.0. The number of rotatable bonds is 8. The highest BCUT2D eigenvalue weighted by atomic mass is 35.5. The maximum Gasteiger partial charge on any atom is 0.0971 e. The van der Waals surface area contributed by atoms with E-state index in [9.17, 15) is 0 Å². The molecule has 2 fully saturated rings. The first-order chi connectivity index (χ1) is 15.2. The number of nitrogens with one attached hydrogen (secondary N) is 2. The van der Waals surface area contributed by atoms with Crippen LogP contribution >= 0.6 is 22.9 Å². The number of nitrogens with zero attached hydrogens (tertiary/aromatic N) is 3. The monoisotopic (exact) mass is 455 g/mol. The third kappa shape index (κ3) is 5.89. The van der Waals surface area contributed by atoms with E-state index in [2.05, 4.69) is 28.4 Å². The molecule has 1 aromatic carbocycles. The number of allylic oxidation sites excluding steroid dienone is 1. The van der Waals surface area contributed by atoms with E-state index < -0.39 is 0 Å². The van der Waals surface area contributed by atoms with E-state index in [-0.39, 0.29) is 0 Å². The molecule has 31 heavy (non-hydrogen) atoms. The Hall–Kier alpha value is -1.86. The molecule has 164 valence electrons. The van der Waals surface area contributed by atoms with E-state index >= 15 is 0 Å². The van der Waals surface area contributed by atoms with Crippen molar-refractivity contribution < 1.29 is 0 Å². The van der Waals surface area contributed by atoms with E-state index in [1.54, 1.807) is 17.5 Å². The van der Waals surface area contributed by atoms with Gasteiger partial charge in [0.05, 0.1) is 28.0 Å². The maximum absolute atomic E-state index is 6.31. The van der Waals surface area contributed by atoms with Gasteiger partial charge in [-0.25, -0.2) is 4.98 Å². The molecule has 4 rings (SSSR count). The number of thiazole rings is 1. The van der Waals surface area contributed by atoms with E-state index in [0.29, 0.717) is 23.7 Å². The van der Waals surface area contributed by atoms with Crippen LogP contribution in [0.25, 0.3) is 11.3 Å². The molecule has 2 heterocycles. The molecule has 0 spiro atoms. The number of aromatic nitrogens is 1. The molecule has 0 unspecified atom stereocenters. The van der Waals surface area contributed by atoms with Gasteiger partial charge in [-0.3, -0.25) is 15.3 Å². The molecule has 1 aliphatic carbocycles. The van der Waals surface area contributed by atoms with Crippen LogP contribution < -0.4 is 10.6 Å². The molecule has 2 aliphatic rings. The summed E-state index contributed by atoms with van der Waals surface area (Å²) in [5, 5.41) is 8.93. The van der Waals surface area contributed by atoms with Crippen LogP contribution in [0.1, 0.15) is 54.3 Å². The third-order valence-electron chi connectivity index (χ3n) is 5.99. The largest absolute Gasteiger partial charge is 0.317 e. The highest BCUT2D eigenvalue weighted by molar-refractivity contribution is 7.14. The average Bonchev–Trinajstić information content (AvgIpc) is 3.47. The van der Waals surface area contributed by atoms with Crippen molar-refractivity contribution in [3.63, 3.8) is 0 Å². The first-order valence-corrected chi connectivity index (χ1v) is 12.3. The summed E-state index contributed by atoms with van der Waals surface area (Å²) in [4.78, 5) is 15.0. The molecule has 1 aromatic heterocycles.